The zero-order valence-electron chi connectivity index (χ0n) is 13.1. The molecule has 0 aliphatic heterocycles. The fourth-order valence-corrected chi connectivity index (χ4v) is 1.57. The average Bonchev–Trinajstić information content (AvgIpc) is 2.49. The maximum Gasteiger partial charge on any atom is 0.331 e. The largest absolute Gasteiger partial charge is 0.508 e. The minimum absolute atomic E-state index is 0.00636. The number of carbonyl (C=O) groups is 3. The van der Waals surface area contributed by atoms with Gasteiger partial charge in [0, 0.05) is 36.8 Å². The van der Waals surface area contributed by atoms with Crippen molar-refractivity contribution in [1.29, 1.82) is 0 Å². The summed E-state index contributed by atoms with van der Waals surface area (Å²) in [5.41, 5.74) is 0. The Hall–Kier alpha value is -3.03. The molecule has 0 unspecified atom stereocenters. The molecule has 0 aliphatic rings. The molecule has 0 atom stereocenters. The molecule has 0 aliphatic carbocycles. The van der Waals surface area contributed by atoms with Gasteiger partial charge in [0.15, 0.2) is 0 Å². The predicted octanol–water partition coefficient (Wildman–Crippen LogP) is 1.45. The van der Waals surface area contributed by atoms with Crippen molar-refractivity contribution in [2.45, 2.75) is 19.8 Å². The first kappa shape index (κ1) is 19.0. The summed E-state index contributed by atoms with van der Waals surface area (Å²) in [6, 6.07) is 3.45. The molecule has 0 aromatic heterocycles. The summed E-state index contributed by atoms with van der Waals surface area (Å²) in [4.78, 5) is 33.8. The molecule has 0 fully saturated rings. The fraction of sp³-hybridized carbons (Fsp3) is 0.312. The highest BCUT2D eigenvalue weighted by Gasteiger charge is 2.08. The van der Waals surface area contributed by atoms with Gasteiger partial charge in [-0.15, -0.1) is 0 Å². The molecule has 1 aromatic carbocycles. The van der Waals surface area contributed by atoms with Crippen LogP contribution in [0.5, 0.6) is 17.2 Å². The zero-order valence-corrected chi connectivity index (χ0v) is 13.1. The van der Waals surface area contributed by atoms with Gasteiger partial charge in [0.1, 0.15) is 17.2 Å². The average molecular weight is 338 g/mol. The quantitative estimate of drug-likeness (QED) is 0.316. The molecule has 0 spiro atoms. The number of aromatic hydroxyl groups is 2. The summed E-state index contributed by atoms with van der Waals surface area (Å²) >= 11 is 0. The van der Waals surface area contributed by atoms with Crippen molar-refractivity contribution >= 4 is 17.9 Å². The van der Waals surface area contributed by atoms with E-state index in [1.807, 2.05) is 0 Å². The van der Waals surface area contributed by atoms with Crippen LogP contribution in [0.2, 0.25) is 0 Å². The molecule has 0 saturated heterocycles. The second kappa shape index (κ2) is 9.88. The maximum absolute atomic E-state index is 11.6. The van der Waals surface area contributed by atoms with Gasteiger partial charge in [0.25, 0.3) is 0 Å². The van der Waals surface area contributed by atoms with E-state index in [1.54, 1.807) is 6.92 Å². The number of hydrogen-bond acceptors (Lipinski definition) is 8. The van der Waals surface area contributed by atoms with Crippen molar-refractivity contribution in [3.63, 3.8) is 0 Å². The number of phenols is 2. The van der Waals surface area contributed by atoms with E-state index in [0.717, 1.165) is 18.2 Å². The summed E-state index contributed by atoms with van der Waals surface area (Å²) < 4.78 is 14.3. The number of esters is 3. The van der Waals surface area contributed by atoms with Crippen LogP contribution in [0.3, 0.4) is 0 Å². The minimum atomic E-state index is -0.727. The molecule has 0 saturated carbocycles. The molecule has 0 radical (unpaired) electrons. The Morgan fingerprint density at radius 1 is 1.00 bits per heavy atom. The van der Waals surface area contributed by atoms with Crippen LogP contribution in [0.15, 0.2) is 30.4 Å². The second-order valence-electron chi connectivity index (χ2n) is 4.52. The lowest BCUT2D eigenvalue weighted by atomic mass is 10.3. The number of phenolic OH excluding ortho intramolecular Hbond substituents is 2. The molecule has 24 heavy (non-hydrogen) atoms. The third-order valence-electron chi connectivity index (χ3n) is 2.52. The molecular weight excluding hydrogens is 320 g/mol. The lowest BCUT2D eigenvalue weighted by Crippen LogP contribution is -2.10. The predicted molar refractivity (Wildman–Crippen MR) is 81.4 cm³/mol. The van der Waals surface area contributed by atoms with Crippen LogP contribution in [0.25, 0.3) is 0 Å². The van der Waals surface area contributed by atoms with Crippen LogP contribution in [0.1, 0.15) is 19.8 Å². The molecule has 1 aromatic rings. The lowest BCUT2D eigenvalue weighted by molar-refractivity contribution is -0.141. The van der Waals surface area contributed by atoms with Gasteiger partial charge in [-0.1, -0.05) is 0 Å². The SMILES string of the molecule is CCOC(=O)/C=C\C(=O)OCCCC(=O)Oc1cc(O)cc(O)c1. The molecule has 0 heterocycles. The second-order valence-corrected chi connectivity index (χ2v) is 4.52. The Morgan fingerprint density at radius 3 is 2.17 bits per heavy atom. The smallest absolute Gasteiger partial charge is 0.331 e. The standard InChI is InChI=1S/C16H18O8/c1-2-22-14(19)5-6-15(20)23-7-3-4-16(21)24-13-9-11(17)8-12(18)10-13/h5-6,8-10,17-18H,2-4,7H2,1H3/b6-5-. The van der Waals surface area contributed by atoms with E-state index >= 15 is 0 Å². The van der Waals surface area contributed by atoms with Crippen molar-refractivity contribution < 1.29 is 38.8 Å². The monoisotopic (exact) mass is 338 g/mol. The Balaban J connectivity index is 2.26. The van der Waals surface area contributed by atoms with Gasteiger partial charge in [-0.2, -0.15) is 0 Å². The first-order valence-electron chi connectivity index (χ1n) is 7.16. The van der Waals surface area contributed by atoms with Crippen LogP contribution in [-0.2, 0) is 23.9 Å². The fourth-order valence-electron chi connectivity index (χ4n) is 1.57. The van der Waals surface area contributed by atoms with Crippen molar-refractivity contribution in [3.8, 4) is 17.2 Å². The van der Waals surface area contributed by atoms with Gasteiger partial charge in [-0.05, 0) is 13.3 Å². The molecule has 0 amide bonds. The van der Waals surface area contributed by atoms with E-state index in [-0.39, 0.29) is 43.3 Å². The number of rotatable bonds is 8. The summed E-state index contributed by atoms with van der Waals surface area (Å²) in [5, 5.41) is 18.5. The Labute approximate surface area is 138 Å². The van der Waals surface area contributed by atoms with E-state index < -0.39 is 17.9 Å². The number of ether oxygens (including phenoxy) is 3. The molecule has 1 rings (SSSR count). The highest BCUT2D eigenvalue weighted by atomic mass is 16.5. The Bertz CT molecular complexity index is 600. The highest BCUT2D eigenvalue weighted by Crippen LogP contribution is 2.25. The van der Waals surface area contributed by atoms with Gasteiger partial charge >= 0.3 is 17.9 Å². The van der Waals surface area contributed by atoms with Gasteiger partial charge in [-0.3, -0.25) is 4.79 Å². The van der Waals surface area contributed by atoms with E-state index in [9.17, 15) is 24.6 Å². The first-order valence-corrected chi connectivity index (χ1v) is 7.16. The summed E-state index contributed by atoms with van der Waals surface area (Å²) in [5.74, 6) is -2.45. The van der Waals surface area contributed by atoms with Gasteiger partial charge in [0.05, 0.1) is 13.2 Å². The molecule has 2 N–H and O–H groups in total. The van der Waals surface area contributed by atoms with Crippen molar-refractivity contribution in [2.24, 2.45) is 0 Å². The molecule has 8 heteroatoms. The topological polar surface area (TPSA) is 119 Å². The van der Waals surface area contributed by atoms with Crippen LogP contribution in [0.4, 0.5) is 0 Å². The van der Waals surface area contributed by atoms with Gasteiger partial charge in [-0.25, -0.2) is 9.59 Å². The van der Waals surface area contributed by atoms with Crippen molar-refractivity contribution in [1.82, 2.24) is 0 Å². The third-order valence-corrected chi connectivity index (χ3v) is 2.52. The zero-order chi connectivity index (χ0) is 17.9. The van der Waals surface area contributed by atoms with Crippen LogP contribution in [0, 0.1) is 0 Å². The summed E-state index contributed by atoms with van der Waals surface area (Å²) in [6.07, 6.45) is 2.06. The van der Waals surface area contributed by atoms with Crippen LogP contribution >= 0.6 is 0 Å². The lowest BCUT2D eigenvalue weighted by Gasteiger charge is -2.05. The van der Waals surface area contributed by atoms with Gasteiger partial charge in [0.2, 0.25) is 0 Å². The minimum Gasteiger partial charge on any atom is -0.508 e. The van der Waals surface area contributed by atoms with Crippen LogP contribution < -0.4 is 4.74 Å². The van der Waals surface area contributed by atoms with Crippen LogP contribution in [-0.4, -0.2) is 41.3 Å². The van der Waals surface area contributed by atoms with E-state index in [0.29, 0.717) is 0 Å². The maximum atomic E-state index is 11.6. The van der Waals surface area contributed by atoms with Crippen molar-refractivity contribution in [3.05, 3.63) is 30.4 Å². The normalized spacial score (nSPS) is 10.4. The molecule has 8 nitrogen and oxygen atoms in total. The van der Waals surface area contributed by atoms with E-state index in [1.165, 1.54) is 12.1 Å². The Kier molecular flexibility index (Phi) is 7.83. The van der Waals surface area contributed by atoms with Gasteiger partial charge < -0.3 is 24.4 Å². The van der Waals surface area contributed by atoms with E-state index in [2.05, 4.69) is 4.74 Å². The Morgan fingerprint density at radius 2 is 1.58 bits per heavy atom. The summed E-state index contributed by atoms with van der Waals surface area (Å²) in [7, 11) is 0. The molecular formula is C16H18O8. The number of hydrogen-bond donors (Lipinski definition) is 2. The number of benzene rings is 1. The summed E-state index contributed by atoms with van der Waals surface area (Å²) in [6.45, 7) is 1.81. The van der Waals surface area contributed by atoms with Crippen molar-refractivity contribution in [2.75, 3.05) is 13.2 Å². The molecule has 130 valence electrons. The third kappa shape index (κ3) is 7.83. The first-order chi connectivity index (χ1) is 11.4. The van der Waals surface area contributed by atoms with E-state index in [4.69, 9.17) is 9.47 Å². The highest BCUT2D eigenvalue weighted by molar-refractivity contribution is 5.91. The molecule has 0 bridgehead atoms. The number of carbonyl (C=O) groups excluding carboxylic acids is 3.